The molecule has 3 aliphatic rings. The molecule has 0 aromatic heterocycles. The summed E-state index contributed by atoms with van der Waals surface area (Å²) in [5.41, 5.74) is 1.43. The third-order valence-electron chi connectivity index (χ3n) is 7.19. The number of rotatable bonds is 6. The lowest BCUT2D eigenvalue weighted by molar-refractivity contribution is -0.0164. The van der Waals surface area contributed by atoms with Gasteiger partial charge < -0.3 is 25.0 Å². The number of hydrogen-bond donors (Lipinski definition) is 2. The summed E-state index contributed by atoms with van der Waals surface area (Å²) in [5, 5.41) is 7.38. The van der Waals surface area contributed by atoms with Crippen LogP contribution in [0.4, 0.5) is 5.69 Å². The van der Waals surface area contributed by atoms with Crippen LogP contribution in [0.25, 0.3) is 0 Å². The molecule has 4 rings (SSSR count). The van der Waals surface area contributed by atoms with Crippen LogP contribution < -0.4 is 20.3 Å². The SMILES string of the molecule is CN=C(NCC1(N2CCCC2)CCOCC1)NC1CCCN(c2cccc(OC)c2)C1.I. The first-order chi connectivity index (χ1) is 15.2. The first-order valence-electron chi connectivity index (χ1n) is 11.9. The Kier molecular flexibility index (Phi) is 9.73. The van der Waals surface area contributed by atoms with E-state index in [0.717, 1.165) is 63.8 Å². The zero-order valence-corrected chi connectivity index (χ0v) is 22.0. The molecule has 1 atom stereocenters. The van der Waals surface area contributed by atoms with Crippen molar-refractivity contribution in [2.75, 3.05) is 65.0 Å². The van der Waals surface area contributed by atoms with E-state index in [1.807, 2.05) is 13.1 Å². The van der Waals surface area contributed by atoms with Crippen LogP contribution >= 0.6 is 24.0 Å². The number of aliphatic imine (C=N–C) groups is 1. The second kappa shape index (κ2) is 12.3. The van der Waals surface area contributed by atoms with Crippen molar-refractivity contribution in [2.24, 2.45) is 4.99 Å². The Labute approximate surface area is 210 Å². The number of anilines is 1. The fraction of sp³-hybridized carbons (Fsp3) is 0.708. The van der Waals surface area contributed by atoms with Crippen LogP contribution in [0.1, 0.15) is 38.5 Å². The van der Waals surface area contributed by atoms with Gasteiger partial charge in [0.05, 0.1) is 7.11 Å². The zero-order valence-electron chi connectivity index (χ0n) is 19.6. The minimum atomic E-state index is 0. The second-order valence-corrected chi connectivity index (χ2v) is 9.09. The van der Waals surface area contributed by atoms with E-state index in [-0.39, 0.29) is 29.5 Å². The number of piperidine rings is 1. The van der Waals surface area contributed by atoms with Gasteiger partial charge in [-0.25, -0.2) is 0 Å². The van der Waals surface area contributed by atoms with Gasteiger partial charge in [0, 0.05) is 63.2 Å². The van der Waals surface area contributed by atoms with E-state index in [1.165, 1.54) is 38.0 Å². The number of nitrogens with zero attached hydrogens (tertiary/aromatic N) is 3. The summed E-state index contributed by atoms with van der Waals surface area (Å²) in [5.74, 6) is 1.83. The number of guanidine groups is 1. The first-order valence-corrected chi connectivity index (χ1v) is 11.9. The number of nitrogens with one attached hydrogen (secondary N) is 2. The molecule has 3 fully saturated rings. The fourth-order valence-electron chi connectivity index (χ4n) is 5.32. The van der Waals surface area contributed by atoms with Gasteiger partial charge in [-0.05, 0) is 63.7 Å². The molecule has 0 bridgehead atoms. The third-order valence-corrected chi connectivity index (χ3v) is 7.19. The fourth-order valence-corrected chi connectivity index (χ4v) is 5.32. The smallest absolute Gasteiger partial charge is 0.191 e. The molecule has 2 N–H and O–H groups in total. The zero-order chi connectivity index (χ0) is 21.5. The maximum atomic E-state index is 5.69. The average Bonchev–Trinajstić information content (AvgIpc) is 3.38. The Balaban J connectivity index is 0.00000289. The van der Waals surface area contributed by atoms with Gasteiger partial charge in [-0.2, -0.15) is 0 Å². The molecule has 0 radical (unpaired) electrons. The van der Waals surface area contributed by atoms with Gasteiger partial charge in [-0.15, -0.1) is 24.0 Å². The van der Waals surface area contributed by atoms with E-state index in [2.05, 4.69) is 43.6 Å². The highest BCUT2D eigenvalue weighted by molar-refractivity contribution is 14.0. The largest absolute Gasteiger partial charge is 0.497 e. The number of halogens is 1. The monoisotopic (exact) mass is 557 g/mol. The standard InChI is InChI=1S/C24H39N5O2.HI/c1-25-23(26-19-24(10-15-31-16-11-24)29-13-3-4-14-29)27-20-7-6-12-28(18-20)21-8-5-9-22(17-21)30-2;/h5,8-9,17,20H,3-4,6-7,10-16,18-19H2,1-2H3,(H2,25,26,27);1H. The second-order valence-electron chi connectivity index (χ2n) is 9.09. The molecule has 1 unspecified atom stereocenters. The van der Waals surface area contributed by atoms with Gasteiger partial charge in [0.1, 0.15) is 5.75 Å². The molecular weight excluding hydrogens is 517 g/mol. The molecule has 3 heterocycles. The Morgan fingerprint density at radius 1 is 1.19 bits per heavy atom. The summed E-state index contributed by atoms with van der Waals surface area (Å²) in [7, 11) is 3.60. The highest BCUT2D eigenvalue weighted by Crippen LogP contribution is 2.31. The van der Waals surface area contributed by atoms with Crippen molar-refractivity contribution in [3.05, 3.63) is 24.3 Å². The number of benzene rings is 1. The molecule has 7 nitrogen and oxygen atoms in total. The summed E-state index contributed by atoms with van der Waals surface area (Å²) < 4.78 is 11.1. The van der Waals surface area contributed by atoms with Crippen LogP contribution in [0, 0.1) is 0 Å². The van der Waals surface area contributed by atoms with E-state index in [4.69, 9.17) is 9.47 Å². The van der Waals surface area contributed by atoms with Crippen molar-refractivity contribution >= 4 is 35.6 Å². The Morgan fingerprint density at radius 2 is 1.97 bits per heavy atom. The van der Waals surface area contributed by atoms with Gasteiger partial charge in [-0.3, -0.25) is 9.89 Å². The molecule has 3 aliphatic heterocycles. The molecule has 3 saturated heterocycles. The Morgan fingerprint density at radius 3 is 2.69 bits per heavy atom. The van der Waals surface area contributed by atoms with Gasteiger partial charge in [0.15, 0.2) is 5.96 Å². The molecular formula is C24H40IN5O2. The van der Waals surface area contributed by atoms with Crippen LogP contribution in [0.15, 0.2) is 29.3 Å². The van der Waals surface area contributed by atoms with E-state index in [0.29, 0.717) is 6.04 Å². The molecule has 0 spiro atoms. The molecule has 32 heavy (non-hydrogen) atoms. The van der Waals surface area contributed by atoms with Gasteiger partial charge in [0.2, 0.25) is 0 Å². The lowest BCUT2D eigenvalue weighted by Gasteiger charge is -2.45. The molecule has 180 valence electrons. The number of methoxy groups -OCH3 is 1. The number of likely N-dealkylation sites (tertiary alicyclic amines) is 1. The van der Waals surface area contributed by atoms with Crippen LogP contribution in [0.2, 0.25) is 0 Å². The summed E-state index contributed by atoms with van der Waals surface area (Å²) >= 11 is 0. The van der Waals surface area contributed by atoms with Crippen molar-refractivity contribution in [1.82, 2.24) is 15.5 Å². The van der Waals surface area contributed by atoms with Crippen LogP contribution in [0.5, 0.6) is 5.75 Å². The normalized spacial score (nSPS) is 24.0. The maximum Gasteiger partial charge on any atom is 0.191 e. The lowest BCUT2D eigenvalue weighted by atomic mass is 9.88. The average molecular weight is 558 g/mol. The number of ether oxygens (including phenoxy) is 2. The van der Waals surface area contributed by atoms with Crippen molar-refractivity contribution in [3.63, 3.8) is 0 Å². The number of hydrogen-bond acceptors (Lipinski definition) is 5. The molecule has 0 amide bonds. The predicted octanol–water partition coefficient (Wildman–Crippen LogP) is 3.09. The summed E-state index contributed by atoms with van der Waals surface area (Å²) in [4.78, 5) is 9.70. The Hall–Kier alpha value is -1.26. The predicted molar refractivity (Wildman–Crippen MR) is 142 cm³/mol. The maximum absolute atomic E-state index is 5.69. The molecule has 8 heteroatoms. The van der Waals surface area contributed by atoms with Crippen molar-refractivity contribution < 1.29 is 9.47 Å². The van der Waals surface area contributed by atoms with E-state index in [1.54, 1.807) is 7.11 Å². The van der Waals surface area contributed by atoms with Crippen molar-refractivity contribution in [2.45, 2.75) is 50.1 Å². The highest BCUT2D eigenvalue weighted by Gasteiger charge is 2.39. The van der Waals surface area contributed by atoms with Gasteiger partial charge in [0.25, 0.3) is 0 Å². The highest BCUT2D eigenvalue weighted by atomic mass is 127. The summed E-state index contributed by atoms with van der Waals surface area (Å²) in [6.07, 6.45) is 7.16. The van der Waals surface area contributed by atoms with Gasteiger partial charge >= 0.3 is 0 Å². The van der Waals surface area contributed by atoms with Crippen LogP contribution in [-0.4, -0.2) is 82.5 Å². The minimum Gasteiger partial charge on any atom is -0.497 e. The van der Waals surface area contributed by atoms with E-state index < -0.39 is 0 Å². The van der Waals surface area contributed by atoms with Crippen LogP contribution in [-0.2, 0) is 4.74 Å². The van der Waals surface area contributed by atoms with Crippen molar-refractivity contribution in [3.8, 4) is 5.75 Å². The quantitative estimate of drug-likeness (QED) is 0.319. The first kappa shape index (κ1) is 25.4. The van der Waals surface area contributed by atoms with Crippen LogP contribution in [0.3, 0.4) is 0 Å². The third kappa shape index (κ3) is 6.20. The Bertz CT molecular complexity index is 735. The molecule has 0 saturated carbocycles. The van der Waals surface area contributed by atoms with E-state index in [9.17, 15) is 0 Å². The molecule has 1 aromatic carbocycles. The van der Waals surface area contributed by atoms with Crippen molar-refractivity contribution in [1.29, 1.82) is 0 Å². The summed E-state index contributed by atoms with van der Waals surface area (Å²) in [6.45, 7) is 7.14. The summed E-state index contributed by atoms with van der Waals surface area (Å²) in [6, 6.07) is 8.74. The molecule has 0 aliphatic carbocycles. The lowest BCUT2D eigenvalue weighted by Crippen LogP contribution is -2.60. The molecule has 1 aromatic rings. The van der Waals surface area contributed by atoms with Gasteiger partial charge in [-0.1, -0.05) is 6.07 Å². The minimum absolute atomic E-state index is 0. The van der Waals surface area contributed by atoms with E-state index >= 15 is 0 Å². The topological polar surface area (TPSA) is 61.4 Å².